The summed E-state index contributed by atoms with van der Waals surface area (Å²) in [5.74, 6) is 0.0114. The lowest BCUT2D eigenvalue weighted by molar-refractivity contribution is -0.131. The van der Waals surface area contributed by atoms with E-state index in [2.05, 4.69) is 5.32 Å². The minimum absolute atomic E-state index is 0.0829. The van der Waals surface area contributed by atoms with Gasteiger partial charge < -0.3 is 10.2 Å². The maximum absolute atomic E-state index is 12.3. The van der Waals surface area contributed by atoms with Crippen molar-refractivity contribution in [1.29, 1.82) is 0 Å². The lowest BCUT2D eigenvalue weighted by Gasteiger charge is -2.32. The molecule has 1 aliphatic heterocycles. The number of thiophene rings is 1. The summed E-state index contributed by atoms with van der Waals surface area (Å²) in [7, 11) is 0. The van der Waals surface area contributed by atoms with Gasteiger partial charge in [-0.3, -0.25) is 9.59 Å². The number of rotatable bonds is 4. The molecule has 0 saturated carbocycles. The van der Waals surface area contributed by atoms with Crippen LogP contribution in [0.2, 0.25) is 5.02 Å². The molecule has 1 aromatic heterocycles. The number of piperidine rings is 1. The second-order valence-electron chi connectivity index (χ2n) is 5.86. The summed E-state index contributed by atoms with van der Waals surface area (Å²) in [5, 5.41) is 5.46. The Kier molecular flexibility index (Phi) is 5.53. The SMILES string of the molecule is O=C(NC1CCN(C(=O)Cc2cccs2)CC1)c1ccccc1Cl. The third kappa shape index (κ3) is 4.16. The number of benzene rings is 1. The van der Waals surface area contributed by atoms with E-state index in [4.69, 9.17) is 11.6 Å². The highest BCUT2D eigenvalue weighted by Gasteiger charge is 2.24. The molecule has 1 saturated heterocycles. The van der Waals surface area contributed by atoms with Crippen LogP contribution in [0.15, 0.2) is 41.8 Å². The number of hydrogen-bond donors (Lipinski definition) is 1. The average Bonchev–Trinajstić information content (AvgIpc) is 3.08. The van der Waals surface area contributed by atoms with Gasteiger partial charge in [0.2, 0.25) is 5.91 Å². The molecule has 4 nitrogen and oxygen atoms in total. The van der Waals surface area contributed by atoms with Crippen LogP contribution in [-0.2, 0) is 11.2 Å². The van der Waals surface area contributed by atoms with E-state index in [1.165, 1.54) is 0 Å². The first-order valence-electron chi connectivity index (χ1n) is 7.99. The number of carbonyl (C=O) groups is 2. The lowest BCUT2D eigenvalue weighted by Crippen LogP contribution is -2.47. The third-order valence-corrected chi connectivity index (χ3v) is 5.41. The molecule has 1 aliphatic rings. The molecule has 6 heteroatoms. The Morgan fingerprint density at radius 1 is 1.17 bits per heavy atom. The van der Waals surface area contributed by atoms with Gasteiger partial charge in [0.1, 0.15) is 0 Å². The molecule has 2 aromatic rings. The van der Waals surface area contributed by atoms with Gasteiger partial charge in [-0.2, -0.15) is 0 Å². The van der Waals surface area contributed by atoms with E-state index < -0.39 is 0 Å². The van der Waals surface area contributed by atoms with Gasteiger partial charge in [0.05, 0.1) is 17.0 Å². The van der Waals surface area contributed by atoms with E-state index in [1.807, 2.05) is 22.4 Å². The molecule has 0 atom stereocenters. The molecular formula is C18H19ClN2O2S. The Labute approximate surface area is 150 Å². The largest absolute Gasteiger partial charge is 0.349 e. The number of amides is 2. The highest BCUT2D eigenvalue weighted by Crippen LogP contribution is 2.18. The summed E-state index contributed by atoms with van der Waals surface area (Å²) in [6.45, 7) is 1.36. The van der Waals surface area contributed by atoms with Crippen LogP contribution in [0, 0.1) is 0 Å². The Morgan fingerprint density at radius 2 is 1.92 bits per heavy atom. The molecule has 0 radical (unpaired) electrons. The number of hydrogen-bond acceptors (Lipinski definition) is 3. The van der Waals surface area contributed by atoms with E-state index in [0.717, 1.165) is 17.7 Å². The van der Waals surface area contributed by atoms with Crippen molar-refractivity contribution in [3.63, 3.8) is 0 Å². The molecular weight excluding hydrogens is 344 g/mol. The van der Waals surface area contributed by atoms with Crippen LogP contribution < -0.4 is 5.32 Å². The summed E-state index contributed by atoms with van der Waals surface area (Å²) in [6, 6.07) is 11.1. The quantitative estimate of drug-likeness (QED) is 0.906. The van der Waals surface area contributed by atoms with Crippen LogP contribution in [-0.4, -0.2) is 35.8 Å². The summed E-state index contributed by atoms with van der Waals surface area (Å²) < 4.78 is 0. The summed E-state index contributed by atoms with van der Waals surface area (Å²) in [4.78, 5) is 27.6. The smallest absolute Gasteiger partial charge is 0.253 e. The number of nitrogens with one attached hydrogen (secondary N) is 1. The molecule has 126 valence electrons. The standard InChI is InChI=1S/C18H19ClN2O2S/c19-16-6-2-1-5-15(16)18(23)20-13-7-9-21(10-8-13)17(22)12-14-4-3-11-24-14/h1-6,11,13H,7-10,12H2,(H,20,23). The molecule has 2 heterocycles. The van der Waals surface area contributed by atoms with E-state index in [0.29, 0.717) is 30.1 Å². The van der Waals surface area contributed by atoms with Gasteiger partial charge in [0.15, 0.2) is 0 Å². The van der Waals surface area contributed by atoms with Crippen molar-refractivity contribution in [1.82, 2.24) is 10.2 Å². The topological polar surface area (TPSA) is 49.4 Å². The number of halogens is 1. The first-order valence-corrected chi connectivity index (χ1v) is 9.25. The highest BCUT2D eigenvalue weighted by molar-refractivity contribution is 7.10. The third-order valence-electron chi connectivity index (χ3n) is 4.21. The monoisotopic (exact) mass is 362 g/mol. The second-order valence-corrected chi connectivity index (χ2v) is 7.30. The number of likely N-dealkylation sites (tertiary alicyclic amines) is 1. The summed E-state index contributed by atoms with van der Waals surface area (Å²) in [5.41, 5.74) is 0.496. The van der Waals surface area contributed by atoms with E-state index in [-0.39, 0.29) is 17.9 Å². The van der Waals surface area contributed by atoms with Crippen molar-refractivity contribution in [2.45, 2.75) is 25.3 Å². The van der Waals surface area contributed by atoms with E-state index >= 15 is 0 Å². The fourth-order valence-electron chi connectivity index (χ4n) is 2.86. The van der Waals surface area contributed by atoms with Crippen molar-refractivity contribution in [2.75, 3.05) is 13.1 Å². The fraction of sp³-hybridized carbons (Fsp3) is 0.333. The molecule has 24 heavy (non-hydrogen) atoms. The van der Waals surface area contributed by atoms with Crippen LogP contribution in [0.5, 0.6) is 0 Å². The van der Waals surface area contributed by atoms with E-state index in [9.17, 15) is 9.59 Å². The Bertz CT molecular complexity index is 710. The number of carbonyl (C=O) groups excluding carboxylic acids is 2. The lowest BCUT2D eigenvalue weighted by atomic mass is 10.0. The molecule has 0 spiro atoms. The first kappa shape index (κ1) is 17.0. The molecule has 3 rings (SSSR count). The molecule has 0 bridgehead atoms. The van der Waals surface area contributed by atoms with Gasteiger partial charge in [0, 0.05) is 24.0 Å². The Morgan fingerprint density at radius 3 is 2.58 bits per heavy atom. The zero-order valence-electron chi connectivity index (χ0n) is 13.2. The van der Waals surface area contributed by atoms with Gasteiger partial charge >= 0.3 is 0 Å². The molecule has 1 aromatic carbocycles. The predicted molar refractivity (Wildman–Crippen MR) is 96.5 cm³/mol. The molecule has 1 N–H and O–H groups in total. The minimum Gasteiger partial charge on any atom is -0.349 e. The van der Waals surface area contributed by atoms with Gasteiger partial charge in [-0.1, -0.05) is 29.8 Å². The van der Waals surface area contributed by atoms with Crippen molar-refractivity contribution in [3.8, 4) is 0 Å². The van der Waals surface area contributed by atoms with E-state index in [1.54, 1.807) is 35.6 Å². The average molecular weight is 363 g/mol. The highest BCUT2D eigenvalue weighted by atomic mass is 35.5. The van der Waals surface area contributed by atoms with Gasteiger partial charge in [-0.05, 0) is 36.4 Å². The molecule has 2 amide bonds. The van der Waals surface area contributed by atoms with Gasteiger partial charge in [-0.15, -0.1) is 11.3 Å². The minimum atomic E-state index is -0.149. The maximum Gasteiger partial charge on any atom is 0.253 e. The maximum atomic E-state index is 12.3. The number of nitrogens with zero attached hydrogens (tertiary/aromatic N) is 1. The first-order chi connectivity index (χ1) is 11.6. The molecule has 0 unspecified atom stereocenters. The summed E-state index contributed by atoms with van der Waals surface area (Å²) >= 11 is 7.66. The van der Waals surface area contributed by atoms with Crippen LogP contribution in [0.3, 0.4) is 0 Å². The predicted octanol–water partition coefficient (Wildman–Crippen LogP) is 3.37. The van der Waals surface area contributed by atoms with Crippen LogP contribution in [0.25, 0.3) is 0 Å². The Balaban J connectivity index is 1.49. The van der Waals surface area contributed by atoms with Crippen molar-refractivity contribution >= 4 is 34.8 Å². The molecule has 0 aliphatic carbocycles. The van der Waals surface area contributed by atoms with Crippen LogP contribution in [0.1, 0.15) is 28.1 Å². The Hall–Kier alpha value is -1.85. The van der Waals surface area contributed by atoms with Crippen molar-refractivity contribution < 1.29 is 9.59 Å². The van der Waals surface area contributed by atoms with Crippen LogP contribution >= 0.6 is 22.9 Å². The zero-order valence-corrected chi connectivity index (χ0v) is 14.8. The van der Waals surface area contributed by atoms with Gasteiger partial charge in [0.25, 0.3) is 5.91 Å². The van der Waals surface area contributed by atoms with Crippen LogP contribution in [0.4, 0.5) is 0 Å². The summed E-state index contributed by atoms with van der Waals surface area (Å²) in [6.07, 6.45) is 2.01. The van der Waals surface area contributed by atoms with Crippen molar-refractivity contribution in [2.24, 2.45) is 0 Å². The van der Waals surface area contributed by atoms with Crippen molar-refractivity contribution in [3.05, 3.63) is 57.2 Å². The fourth-order valence-corrected chi connectivity index (χ4v) is 3.77. The van der Waals surface area contributed by atoms with Gasteiger partial charge in [-0.25, -0.2) is 0 Å². The zero-order chi connectivity index (χ0) is 16.9. The molecule has 1 fully saturated rings. The second kappa shape index (κ2) is 7.81. The normalized spacial score (nSPS) is 15.3.